The fraction of sp³-hybridized carbons (Fsp3) is 0.211. The molecular weight excluding hydrogens is 307 g/mol. The van der Waals surface area contributed by atoms with Gasteiger partial charge in [-0.25, -0.2) is 0 Å². The van der Waals surface area contributed by atoms with Gasteiger partial charge in [-0.05, 0) is 6.42 Å². The van der Waals surface area contributed by atoms with Crippen LogP contribution in [0.4, 0.5) is 0 Å². The number of hydrogen-bond donors (Lipinski definition) is 0. The van der Waals surface area contributed by atoms with Gasteiger partial charge in [0.25, 0.3) is 0 Å². The maximum Gasteiger partial charge on any atom is 0.306 e. The maximum absolute atomic E-state index is 13.6. The molecule has 0 aliphatic rings. The summed E-state index contributed by atoms with van der Waals surface area (Å²) in [4.78, 5) is 11.6. The summed E-state index contributed by atoms with van der Waals surface area (Å²) in [7, 11) is -2.75. The van der Waals surface area contributed by atoms with E-state index in [9.17, 15) is 9.36 Å². The summed E-state index contributed by atoms with van der Waals surface area (Å²) < 4.78 is 18.5. The molecule has 118 valence electrons. The number of terminal acetylenes is 1. The summed E-state index contributed by atoms with van der Waals surface area (Å²) in [6.07, 6.45) is 6.18. The largest absolute Gasteiger partial charge is 0.452 e. The van der Waals surface area contributed by atoms with Crippen LogP contribution in [0.25, 0.3) is 0 Å². The highest BCUT2D eigenvalue weighted by Crippen LogP contribution is 2.44. The van der Waals surface area contributed by atoms with Crippen molar-refractivity contribution in [3.05, 3.63) is 60.7 Å². The molecule has 0 unspecified atom stereocenters. The monoisotopic (exact) mass is 326 g/mol. The predicted molar refractivity (Wildman–Crippen MR) is 93.7 cm³/mol. The van der Waals surface area contributed by atoms with Crippen LogP contribution >= 0.6 is 7.14 Å². The lowest BCUT2D eigenvalue weighted by Gasteiger charge is -2.19. The van der Waals surface area contributed by atoms with Crippen molar-refractivity contribution in [3.63, 3.8) is 0 Å². The molecule has 2 aromatic carbocycles. The molecule has 0 aliphatic carbocycles. The second-order valence-corrected chi connectivity index (χ2v) is 8.06. The fourth-order valence-corrected chi connectivity index (χ4v) is 5.11. The molecular formula is C19H19O3P. The quantitative estimate of drug-likeness (QED) is 0.446. The molecule has 23 heavy (non-hydrogen) atoms. The van der Waals surface area contributed by atoms with E-state index in [1.54, 1.807) is 0 Å². The lowest BCUT2D eigenvalue weighted by atomic mass is 10.3. The predicted octanol–water partition coefficient (Wildman–Crippen LogP) is 2.96. The number of ether oxygens (including phenoxy) is 1. The Bertz CT molecular complexity index is 674. The molecule has 0 saturated heterocycles. The van der Waals surface area contributed by atoms with E-state index in [0.29, 0.717) is 12.6 Å². The van der Waals surface area contributed by atoms with Gasteiger partial charge in [0.05, 0.1) is 0 Å². The van der Waals surface area contributed by atoms with Crippen LogP contribution in [0.5, 0.6) is 0 Å². The normalized spacial score (nSPS) is 10.7. The van der Waals surface area contributed by atoms with E-state index in [1.807, 2.05) is 60.7 Å². The van der Waals surface area contributed by atoms with Gasteiger partial charge in [-0.15, -0.1) is 6.42 Å². The van der Waals surface area contributed by atoms with Gasteiger partial charge < -0.3 is 9.30 Å². The van der Waals surface area contributed by atoms with Crippen molar-refractivity contribution >= 4 is 23.7 Å². The molecule has 0 amide bonds. The first kappa shape index (κ1) is 17.1. The molecule has 0 heterocycles. The third-order valence-corrected chi connectivity index (χ3v) is 6.73. The van der Waals surface area contributed by atoms with Crippen LogP contribution in [0.1, 0.15) is 12.8 Å². The molecule has 0 radical (unpaired) electrons. The van der Waals surface area contributed by atoms with Crippen molar-refractivity contribution in [2.24, 2.45) is 0 Å². The summed E-state index contributed by atoms with van der Waals surface area (Å²) in [6, 6.07) is 18.8. The highest BCUT2D eigenvalue weighted by molar-refractivity contribution is 7.78. The highest BCUT2D eigenvalue weighted by Gasteiger charge is 2.26. The van der Waals surface area contributed by atoms with Crippen LogP contribution in [0.3, 0.4) is 0 Å². The first-order valence-electron chi connectivity index (χ1n) is 7.46. The Kier molecular flexibility index (Phi) is 6.20. The standard InChI is InChI=1S/C19H19O3P/c1-2-15-22-19(20)14-9-16-23(21,17-10-5-3-6-11-17)18-12-7-4-8-13-18/h1,3-8,10-13H,9,14-16H2. The maximum atomic E-state index is 13.6. The molecule has 0 fully saturated rings. The smallest absolute Gasteiger partial charge is 0.306 e. The van der Waals surface area contributed by atoms with Crippen molar-refractivity contribution in [3.8, 4) is 12.3 Å². The molecule has 0 atom stereocenters. The van der Waals surface area contributed by atoms with E-state index in [-0.39, 0.29) is 19.0 Å². The van der Waals surface area contributed by atoms with Gasteiger partial charge in [0.15, 0.2) is 6.61 Å². The molecule has 0 aromatic heterocycles. The molecule has 2 rings (SSSR count). The van der Waals surface area contributed by atoms with Gasteiger partial charge >= 0.3 is 5.97 Å². The number of esters is 1. The number of carbonyl (C=O) groups excluding carboxylic acids is 1. The third kappa shape index (κ3) is 4.58. The number of rotatable bonds is 7. The minimum absolute atomic E-state index is 0.0200. The zero-order valence-electron chi connectivity index (χ0n) is 12.9. The Balaban J connectivity index is 2.15. The van der Waals surface area contributed by atoms with Gasteiger partial charge in [-0.2, -0.15) is 0 Å². The van der Waals surface area contributed by atoms with Gasteiger partial charge in [0.2, 0.25) is 0 Å². The molecule has 0 spiro atoms. The zero-order valence-corrected chi connectivity index (χ0v) is 13.7. The average molecular weight is 326 g/mol. The average Bonchev–Trinajstić information content (AvgIpc) is 2.61. The fourth-order valence-electron chi connectivity index (χ4n) is 2.39. The van der Waals surface area contributed by atoms with Crippen LogP contribution < -0.4 is 10.6 Å². The van der Waals surface area contributed by atoms with E-state index in [4.69, 9.17) is 11.2 Å². The van der Waals surface area contributed by atoms with Crippen molar-refractivity contribution in [1.82, 2.24) is 0 Å². The Morgan fingerprint density at radius 2 is 1.52 bits per heavy atom. The second kappa shape index (κ2) is 8.36. The molecule has 0 bridgehead atoms. The van der Waals surface area contributed by atoms with E-state index in [2.05, 4.69) is 5.92 Å². The second-order valence-electron chi connectivity index (χ2n) is 5.10. The summed E-state index contributed by atoms with van der Waals surface area (Å²) in [5, 5.41) is 1.62. The van der Waals surface area contributed by atoms with E-state index in [0.717, 1.165) is 10.6 Å². The van der Waals surface area contributed by atoms with Gasteiger partial charge in [-0.3, -0.25) is 4.79 Å². The minimum Gasteiger partial charge on any atom is -0.452 e. The zero-order chi connectivity index (χ0) is 16.5. The summed E-state index contributed by atoms with van der Waals surface area (Å²) in [5.74, 6) is 1.91. The Morgan fingerprint density at radius 1 is 1.00 bits per heavy atom. The first-order valence-corrected chi connectivity index (χ1v) is 9.35. The van der Waals surface area contributed by atoms with Crippen molar-refractivity contribution in [1.29, 1.82) is 0 Å². The van der Waals surface area contributed by atoms with Crippen molar-refractivity contribution in [2.45, 2.75) is 12.8 Å². The molecule has 3 nitrogen and oxygen atoms in total. The lowest BCUT2D eigenvalue weighted by Crippen LogP contribution is -2.19. The van der Waals surface area contributed by atoms with Gasteiger partial charge in [-0.1, -0.05) is 66.6 Å². The molecule has 4 heteroatoms. The number of hydrogen-bond acceptors (Lipinski definition) is 3. The highest BCUT2D eigenvalue weighted by atomic mass is 31.2. The van der Waals surface area contributed by atoms with E-state index < -0.39 is 7.14 Å². The minimum atomic E-state index is -2.75. The summed E-state index contributed by atoms with van der Waals surface area (Å²) >= 11 is 0. The summed E-state index contributed by atoms with van der Waals surface area (Å²) in [6.45, 7) is -0.0200. The Morgan fingerprint density at radius 3 is 2.00 bits per heavy atom. The van der Waals surface area contributed by atoms with Crippen LogP contribution in [-0.4, -0.2) is 18.7 Å². The van der Waals surface area contributed by atoms with Crippen LogP contribution in [0.2, 0.25) is 0 Å². The molecule has 0 saturated carbocycles. The third-order valence-electron chi connectivity index (χ3n) is 3.52. The van der Waals surface area contributed by atoms with Crippen molar-refractivity contribution < 1.29 is 14.1 Å². The topological polar surface area (TPSA) is 43.4 Å². The van der Waals surface area contributed by atoms with Crippen LogP contribution in [0.15, 0.2) is 60.7 Å². The van der Waals surface area contributed by atoms with E-state index in [1.165, 1.54) is 0 Å². The first-order chi connectivity index (χ1) is 11.2. The summed E-state index contributed by atoms with van der Waals surface area (Å²) in [5.41, 5.74) is 0. The Labute approximate surface area is 137 Å². The van der Waals surface area contributed by atoms with Crippen LogP contribution in [0, 0.1) is 12.3 Å². The number of benzene rings is 2. The van der Waals surface area contributed by atoms with Crippen molar-refractivity contribution in [2.75, 3.05) is 12.8 Å². The number of carbonyl (C=O) groups is 1. The molecule has 0 N–H and O–H groups in total. The molecule has 0 aliphatic heterocycles. The molecule has 2 aromatic rings. The SMILES string of the molecule is C#CCOC(=O)CCCP(=O)(c1ccccc1)c1ccccc1. The van der Waals surface area contributed by atoms with Crippen LogP contribution in [-0.2, 0) is 14.1 Å². The van der Waals surface area contributed by atoms with Gasteiger partial charge in [0, 0.05) is 23.2 Å². The Hall–Kier alpha value is -2.30. The van der Waals surface area contributed by atoms with Gasteiger partial charge in [0.1, 0.15) is 7.14 Å². The van der Waals surface area contributed by atoms with E-state index >= 15 is 0 Å². The lowest BCUT2D eigenvalue weighted by molar-refractivity contribution is -0.142.